The van der Waals surface area contributed by atoms with Gasteiger partial charge >= 0.3 is 0 Å². The Morgan fingerprint density at radius 2 is 1.13 bits per heavy atom. The van der Waals surface area contributed by atoms with Crippen molar-refractivity contribution in [2.45, 2.75) is 222 Å². The monoisotopic (exact) mass is 792 g/mol. The first kappa shape index (κ1) is 49.9. The van der Waals surface area contributed by atoms with Crippen molar-refractivity contribution in [2.24, 2.45) is 0 Å². The zero-order valence-electron chi connectivity index (χ0n) is 33.7. The lowest BCUT2D eigenvalue weighted by molar-refractivity contribution is -0.359. The van der Waals surface area contributed by atoms with Gasteiger partial charge in [-0.25, -0.2) is 0 Å². The highest BCUT2D eigenvalue weighted by atomic mass is 16.7. The molecule has 2 rings (SSSR count). The summed E-state index contributed by atoms with van der Waals surface area (Å²) in [4.78, 5) is 12.9. The van der Waals surface area contributed by atoms with E-state index in [1.807, 2.05) is 6.92 Å². The zero-order valence-corrected chi connectivity index (χ0v) is 33.7. The van der Waals surface area contributed by atoms with Crippen molar-refractivity contribution < 1.29 is 64.6 Å². The van der Waals surface area contributed by atoms with E-state index >= 15 is 0 Å². The van der Waals surface area contributed by atoms with Crippen molar-refractivity contribution in [3.63, 3.8) is 0 Å². The van der Waals surface area contributed by atoms with Crippen LogP contribution in [0.2, 0.25) is 0 Å². The molecule has 1 amide bonds. The van der Waals surface area contributed by atoms with Crippen LogP contribution in [0.4, 0.5) is 0 Å². The number of aliphatic hydroxyl groups excluding tert-OH is 8. The van der Waals surface area contributed by atoms with Gasteiger partial charge in [-0.1, -0.05) is 142 Å². The van der Waals surface area contributed by atoms with Gasteiger partial charge in [-0.3, -0.25) is 4.79 Å². The number of ether oxygens (including phenoxy) is 4. The summed E-state index contributed by atoms with van der Waals surface area (Å²) in [6.45, 7) is 2.54. The first-order valence-corrected chi connectivity index (χ1v) is 21.4. The van der Waals surface area contributed by atoms with Crippen LogP contribution in [0.25, 0.3) is 0 Å². The summed E-state index contributed by atoms with van der Waals surface area (Å²) in [5.74, 6) is -0.251. The van der Waals surface area contributed by atoms with E-state index in [1.54, 1.807) is 12.2 Å². The molecule has 0 bridgehead atoms. The van der Waals surface area contributed by atoms with Gasteiger partial charge in [-0.2, -0.15) is 0 Å². The first-order chi connectivity index (χ1) is 26.6. The average Bonchev–Trinajstić information content (AvgIpc) is 3.18. The van der Waals surface area contributed by atoms with Crippen molar-refractivity contribution in [1.82, 2.24) is 5.32 Å². The van der Waals surface area contributed by atoms with E-state index in [-0.39, 0.29) is 18.9 Å². The van der Waals surface area contributed by atoms with Crippen LogP contribution >= 0.6 is 0 Å². The molecule has 2 saturated heterocycles. The van der Waals surface area contributed by atoms with E-state index in [4.69, 9.17) is 18.9 Å². The molecule has 12 unspecified atom stereocenters. The Kier molecular flexibility index (Phi) is 27.1. The van der Waals surface area contributed by atoms with Crippen LogP contribution in [-0.4, -0.2) is 140 Å². The summed E-state index contributed by atoms with van der Waals surface area (Å²) < 4.78 is 22.4. The number of allylic oxidation sites excluding steroid dienone is 1. The second-order valence-corrected chi connectivity index (χ2v) is 15.5. The molecule has 324 valence electrons. The summed E-state index contributed by atoms with van der Waals surface area (Å²) in [5.41, 5.74) is 0. The lowest BCUT2D eigenvalue weighted by atomic mass is 9.97. The third kappa shape index (κ3) is 18.9. The molecule has 0 saturated carbocycles. The number of unbranched alkanes of at least 4 members (excludes halogenated alkanes) is 18. The Hall–Kier alpha value is -1.27. The fraction of sp³-hybridized carbons (Fsp3) is 0.927. The molecule has 0 aromatic carbocycles. The van der Waals surface area contributed by atoms with Crippen molar-refractivity contribution in [3.8, 4) is 0 Å². The minimum Gasteiger partial charge on any atom is -0.394 e. The van der Waals surface area contributed by atoms with E-state index in [9.17, 15) is 45.6 Å². The molecule has 0 aliphatic carbocycles. The highest BCUT2D eigenvalue weighted by Gasteiger charge is 2.50. The molecule has 14 heteroatoms. The van der Waals surface area contributed by atoms with Gasteiger partial charge in [0.25, 0.3) is 0 Å². The molecule has 12 atom stereocenters. The highest BCUT2D eigenvalue weighted by molar-refractivity contribution is 5.76. The number of carbonyl (C=O) groups is 1. The average molecular weight is 792 g/mol. The Balaban J connectivity index is 1.73. The minimum absolute atomic E-state index is 0.251. The van der Waals surface area contributed by atoms with E-state index in [2.05, 4.69) is 12.2 Å². The molecule has 2 aliphatic heterocycles. The number of hydrogen-bond acceptors (Lipinski definition) is 13. The van der Waals surface area contributed by atoms with Crippen LogP contribution in [0.3, 0.4) is 0 Å². The lowest BCUT2D eigenvalue weighted by Crippen LogP contribution is -2.65. The van der Waals surface area contributed by atoms with Gasteiger partial charge in [-0.05, 0) is 12.8 Å². The van der Waals surface area contributed by atoms with E-state index < -0.39 is 86.8 Å². The second kappa shape index (κ2) is 29.9. The van der Waals surface area contributed by atoms with Gasteiger partial charge in [0.1, 0.15) is 48.8 Å². The maximum Gasteiger partial charge on any atom is 0.220 e. The van der Waals surface area contributed by atoms with Crippen LogP contribution in [0, 0.1) is 0 Å². The molecule has 14 nitrogen and oxygen atoms in total. The smallest absolute Gasteiger partial charge is 0.220 e. The Morgan fingerprint density at radius 1 is 0.636 bits per heavy atom. The molecule has 9 N–H and O–H groups in total. The predicted octanol–water partition coefficient (Wildman–Crippen LogP) is 3.26. The van der Waals surface area contributed by atoms with Crippen LogP contribution in [0.15, 0.2) is 12.2 Å². The number of aliphatic hydroxyl groups is 8. The summed E-state index contributed by atoms with van der Waals surface area (Å²) in [6.07, 6.45) is 10.9. The summed E-state index contributed by atoms with van der Waals surface area (Å²) in [5, 5.41) is 85.6. The number of nitrogens with one attached hydrogen (secondary N) is 1. The third-order valence-electron chi connectivity index (χ3n) is 10.7. The maximum atomic E-state index is 12.9. The number of rotatable bonds is 31. The summed E-state index contributed by atoms with van der Waals surface area (Å²) in [7, 11) is 0. The molecular weight excluding hydrogens is 714 g/mol. The molecule has 55 heavy (non-hydrogen) atoms. The Labute approximate surface area is 329 Å². The van der Waals surface area contributed by atoms with Crippen LogP contribution in [0.5, 0.6) is 0 Å². The Bertz CT molecular complexity index is 988. The highest BCUT2D eigenvalue weighted by Crippen LogP contribution is 2.30. The van der Waals surface area contributed by atoms with E-state index in [0.29, 0.717) is 6.42 Å². The maximum absolute atomic E-state index is 12.9. The number of carbonyl (C=O) groups excluding carboxylic acids is 1. The standard InChI is InChI=1S/C41H77NO13/c1-3-5-7-8-9-10-11-12-13-14-15-16-17-18-19-20-21-23-25-33(46)42-29(30(45)24-22-6-4-2)28-52-40-38(51)36(49)39(32(27-44)54-40)55-41-37(50)35(48)34(47)31(26-43)53-41/h22,24,29-32,34-41,43-45,47-51H,3-21,23,25-28H2,1-2H3,(H,42,46)/b24-22+. The number of amides is 1. The van der Waals surface area contributed by atoms with Crippen LogP contribution in [-0.2, 0) is 23.7 Å². The Morgan fingerprint density at radius 3 is 1.64 bits per heavy atom. The third-order valence-corrected chi connectivity index (χ3v) is 10.7. The van der Waals surface area contributed by atoms with E-state index in [0.717, 1.165) is 32.1 Å². The van der Waals surface area contributed by atoms with Gasteiger partial charge in [0.05, 0.1) is 32.0 Å². The van der Waals surface area contributed by atoms with Crippen molar-refractivity contribution in [3.05, 3.63) is 12.2 Å². The van der Waals surface area contributed by atoms with Crippen molar-refractivity contribution >= 4 is 5.91 Å². The largest absolute Gasteiger partial charge is 0.394 e. The fourth-order valence-electron chi connectivity index (χ4n) is 7.12. The zero-order chi connectivity index (χ0) is 40.4. The SMILES string of the molecule is CCC/C=C/C(O)C(COC1OC(CO)C(OC2OC(CO)C(O)C(O)C2O)C(O)C1O)NC(=O)CCCCCCCCCCCCCCCCCCCC. The fourth-order valence-corrected chi connectivity index (χ4v) is 7.12. The summed E-state index contributed by atoms with van der Waals surface area (Å²) >= 11 is 0. The van der Waals surface area contributed by atoms with Gasteiger partial charge in [0.15, 0.2) is 12.6 Å². The van der Waals surface area contributed by atoms with Crippen molar-refractivity contribution in [1.29, 1.82) is 0 Å². The molecule has 0 spiro atoms. The molecular formula is C41H77NO13. The quantitative estimate of drug-likeness (QED) is 0.0364. The normalized spacial score (nSPS) is 29.8. The molecule has 0 aromatic rings. The second-order valence-electron chi connectivity index (χ2n) is 15.5. The molecule has 2 fully saturated rings. The minimum atomic E-state index is -1.78. The van der Waals surface area contributed by atoms with Crippen LogP contribution in [0.1, 0.15) is 149 Å². The number of hydrogen-bond donors (Lipinski definition) is 9. The van der Waals surface area contributed by atoms with Gasteiger partial charge < -0.3 is 65.1 Å². The molecule has 0 aromatic heterocycles. The van der Waals surface area contributed by atoms with E-state index in [1.165, 1.54) is 89.9 Å². The topological polar surface area (TPSA) is 228 Å². The summed E-state index contributed by atoms with van der Waals surface area (Å²) in [6, 6.07) is -0.903. The first-order valence-electron chi connectivity index (χ1n) is 21.4. The van der Waals surface area contributed by atoms with Crippen LogP contribution < -0.4 is 5.32 Å². The predicted molar refractivity (Wildman–Crippen MR) is 208 cm³/mol. The van der Waals surface area contributed by atoms with Gasteiger partial charge in [-0.15, -0.1) is 0 Å². The van der Waals surface area contributed by atoms with Crippen molar-refractivity contribution in [2.75, 3.05) is 19.8 Å². The van der Waals surface area contributed by atoms with Gasteiger partial charge in [0, 0.05) is 6.42 Å². The molecule has 0 radical (unpaired) electrons. The molecule has 2 heterocycles. The molecule has 2 aliphatic rings. The van der Waals surface area contributed by atoms with Gasteiger partial charge in [0.2, 0.25) is 5.91 Å². The lowest BCUT2D eigenvalue weighted by Gasteiger charge is -2.46.